The average molecular weight is 330 g/mol. The van der Waals surface area contributed by atoms with Crippen LogP contribution in [0.1, 0.15) is 15.9 Å². The first-order valence-corrected chi connectivity index (χ1v) is 6.86. The molecule has 20 heavy (non-hydrogen) atoms. The van der Waals surface area contributed by atoms with Crippen LogP contribution in [0.5, 0.6) is 5.75 Å². The van der Waals surface area contributed by atoms with Gasteiger partial charge in [0.05, 0.1) is 12.5 Å². The standard InChI is InChI=1S/C16H12BrNO2/c17-15-4-2-1-3-14(15)16(19)11-20-13-7-5-12(6-8-13)9-10-18/h1-8H,9,11H2. The van der Waals surface area contributed by atoms with Gasteiger partial charge >= 0.3 is 0 Å². The molecule has 100 valence electrons. The monoisotopic (exact) mass is 329 g/mol. The molecule has 0 saturated carbocycles. The summed E-state index contributed by atoms with van der Waals surface area (Å²) in [7, 11) is 0. The molecule has 3 nitrogen and oxygen atoms in total. The van der Waals surface area contributed by atoms with Gasteiger partial charge in [-0.3, -0.25) is 4.79 Å². The minimum atomic E-state index is -0.0847. The van der Waals surface area contributed by atoms with Crippen molar-refractivity contribution in [2.75, 3.05) is 6.61 Å². The van der Waals surface area contributed by atoms with E-state index in [0.717, 1.165) is 10.0 Å². The topological polar surface area (TPSA) is 50.1 Å². The Hall–Kier alpha value is -2.12. The fourth-order valence-corrected chi connectivity index (χ4v) is 2.21. The molecule has 0 N–H and O–H groups in total. The summed E-state index contributed by atoms with van der Waals surface area (Å²) in [6.45, 7) is -0.0137. The highest BCUT2D eigenvalue weighted by atomic mass is 79.9. The van der Waals surface area contributed by atoms with Crippen LogP contribution in [0.3, 0.4) is 0 Å². The minimum Gasteiger partial charge on any atom is -0.485 e. The van der Waals surface area contributed by atoms with Gasteiger partial charge in [0.25, 0.3) is 0 Å². The van der Waals surface area contributed by atoms with E-state index in [-0.39, 0.29) is 12.4 Å². The van der Waals surface area contributed by atoms with Gasteiger partial charge in [-0.05, 0) is 23.8 Å². The molecule has 0 fully saturated rings. The predicted molar refractivity (Wildman–Crippen MR) is 79.7 cm³/mol. The predicted octanol–water partition coefficient (Wildman–Crippen LogP) is 3.78. The van der Waals surface area contributed by atoms with Crippen molar-refractivity contribution in [3.05, 3.63) is 64.1 Å². The molecular formula is C16H12BrNO2. The third-order valence-corrected chi connectivity index (χ3v) is 3.44. The number of carbonyl (C=O) groups is 1. The van der Waals surface area contributed by atoms with E-state index in [1.54, 1.807) is 18.2 Å². The molecule has 2 aromatic carbocycles. The molecule has 0 heterocycles. The van der Waals surface area contributed by atoms with E-state index in [4.69, 9.17) is 10.00 Å². The molecule has 0 spiro atoms. The normalized spacial score (nSPS) is 9.80. The lowest BCUT2D eigenvalue weighted by Gasteiger charge is -2.07. The zero-order valence-electron chi connectivity index (χ0n) is 10.7. The maximum atomic E-state index is 12.0. The first-order valence-electron chi connectivity index (χ1n) is 6.07. The van der Waals surface area contributed by atoms with Crippen LogP contribution in [0.25, 0.3) is 0 Å². The molecule has 0 aliphatic rings. The van der Waals surface area contributed by atoms with Crippen LogP contribution in [-0.4, -0.2) is 12.4 Å². The van der Waals surface area contributed by atoms with E-state index >= 15 is 0 Å². The highest BCUT2D eigenvalue weighted by Crippen LogP contribution is 2.17. The Morgan fingerprint density at radius 2 is 1.85 bits per heavy atom. The molecule has 0 bridgehead atoms. The number of halogens is 1. The van der Waals surface area contributed by atoms with E-state index in [1.807, 2.05) is 30.3 Å². The van der Waals surface area contributed by atoms with Crippen LogP contribution in [0.15, 0.2) is 53.0 Å². The van der Waals surface area contributed by atoms with Crippen LogP contribution in [0, 0.1) is 11.3 Å². The quantitative estimate of drug-likeness (QED) is 0.784. The van der Waals surface area contributed by atoms with Crippen molar-refractivity contribution in [3.8, 4) is 11.8 Å². The Kier molecular flexibility index (Phi) is 4.91. The third-order valence-electron chi connectivity index (χ3n) is 2.75. The first kappa shape index (κ1) is 14.3. The summed E-state index contributed by atoms with van der Waals surface area (Å²) in [6, 6.07) is 16.5. The van der Waals surface area contributed by atoms with E-state index in [1.165, 1.54) is 0 Å². The lowest BCUT2D eigenvalue weighted by Crippen LogP contribution is -2.12. The van der Waals surface area contributed by atoms with Crippen LogP contribution >= 0.6 is 15.9 Å². The molecule has 0 aliphatic carbocycles. The zero-order valence-corrected chi connectivity index (χ0v) is 12.3. The maximum Gasteiger partial charge on any atom is 0.201 e. The fraction of sp³-hybridized carbons (Fsp3) is 0.125. The van der Waals surface area contributed by atoms with Gasteiger partial charge in [0.15, 0.2) is 6.61 Å². The molecule has 0 saturated heterocycles. The summed E-state index contributed by atoms with van der Waals surface area (Å²) in [4.78, 5) is 12.0. The van der Waals surface area contributed by atoms with E-state index in [9.17, 15) is 4.79 Å². The van der Waals surface area contributed by atoms with Gasteiger partial charge in [0.2, 0.25) is 5.78 Å². The summed E-state index contributed by atoms with van der Waals surface area (Å²) in [5.41, 5.74) is 1.53. The largest absolute Gasteiger partial charge is 0.485 e. The Morgan fingerprint density at radius 3 is 2.50 bits per heavy atom. The van der Waals surface area contributed by atoms with Crippen LogP contribution in [-0.2, 0) is 6.42 Å². The molecular weight excluding hydrogens is 318 g/mol. The number of nitrogens with zero attached hydrogens (tertiary/aromatic N) is 1. The van der Waals surface area contributed by atoms with Gasteiger partial charge in [0, 0.05) is 10.0 Å². The van der Waals surface area contributed by atoms with Gasteiger partial charge in [-0.2, -0.15) is 5.26 Å². The second-order valence-corrected chi connectivity index (χ2v) is 5.02. The highest BCUT2D eigenvalue weighted by molar-refractivity contribution is 9.10. The summed E-state index contributed by atoms with van der Waals surface area (Å²) >= 11 is 3.34. The fourth-order valence-electron chi connectivity index (χ4n) is 1.71. The van der Waals surface area contributed by atoms with Crippen LogP contribution in [0.4, 0.5) is 0 Å². The summed E-state index contributed by atoms with van der Waals surface area (Å²) in [6.07, 6.45) is 0.371. The molecule has 0 aromatic heterocycles. The number of ketones is 1. The number of hydrogen-bond acceptors (Lipinski definition) is 3. The molecule has 4 heteroatoms. The Morgan fingerprint density at radius 1 is 1.15 bits per heavy atom. The molecule has 0 aliphatic heterocycles. The third kappa shape index (κ3) is 3.69. The van der Waals surface area contributed by atoms with Crippen molar-refractivity contribution in [1.29, 1.82) is 5.26 Å². The van der Waals surface area contributed by atoms with Crippen molar-refractivity contribution in [2.45, 2.75) is 6.42 Å². The zero-order chi connectivity index (χ0) is 14.4. The molecule has 0 radical (unpaired) electrons. The number of Topliss-reactive ketones (excluding diaryl/α,β-unsaturated/α-hetero) is 1. The maximum absolute atomic E-state index is 12.0. The summed E-state index contributed by atoms with van der Waals surface area (Å²) in [5.74, 6) is 0.533. The minimum absolute atomic E-state index is 0.0137. The van der Waals surface area contributed by atoms with E-state index < -0.39 is 0 Å². The highest BCUT2D eigenvalue weighted by Gasteiger charge is 2.10. The smallest absolute Gasteiger partial charge is 0.201 e. The first-order chi connectivity index (χ1) is 9.70. The van der Waals surface area contributed by atoms with Crippen molar-refractivity contribution in [2.24, 2.45) is 0 Å². The number of nitriles is 1. The van der Waals surface area contributed by atoms with Crippen molar-refractivity contribution < 1.29 is 9.53 Å². The second kappa shape index (κ2) is 6.88. The summed E-state index contributed by atoms with van der Waals surface area (Å²) < 4.78 is 6.22. The molecule has 0 amide bonds. The molecule has 2 rings (SSSR count). The van der Waals surface area contributed by atoms with Crippen molar-refractivity contribution >= 4 is 21.7 Å². The van der Waals surface area contributed by atoms with Crippen LogP contribution < -0.4 is 4.74 Å². The van der Waals surface area contributed by atoms with Gasteiger partial charge in [-0.1, -0.05) is 46.3 Å². The Labute approximate surface area is 125 Å². The molecule has 0 unspecified atom stereocenters. The Balaban J connectivity index is 1.97. The van der Waals surface area contributed by atoms with Gasteiger partial charge in [0.1, 0.15) is 5.75 Å². The van der Waals surface area contributed by atoms with Gasteiger partial charge in [-0.25, -0.2) is 0 Å². The Bertz CT molecular complexity index is 644. The van der Waals surface area contributed by atoms with Crippen molar-refractivity contribution in [3.63, 3.8) is 0 Å². The van der Waals surface area contributed by atoms with E-state index in [2.05, 4.69) is 22.0 Å². The lowest BCUT2D eigenvalue weighted by atomic mass is 10.1. The summed E-state index contributed by atoms with van der Waals surface area (Å²) in [5, 5.41) is 8.59. The van der Waals surface area contributed by atoms with Gasteiger partial charge in [-0.15, -0.1) is 0 Å². The van der Waals surface area contributed by atoms with Crippen LogP contribution in [0.2, 0.25) is 0 Å². The lowest BCUT2D eigenvalue weighted by molar-refractivity contribution is 0.0921. The molecule has 2 aromatic rings. The number of rotatable bonds is 5. The number of ether oxygens (including phenoxy) is 1. The number of benzene rings is 2. The SMILES string of the molecule is N#CCc1ccc(OCC(=O)c2ccccc2Br)cc1. The van der Waals surface area contributed by atoms with Gasteiger partial charge < -0.3 is 4.74 Å². The average Bonchev–Trinajstić information content (AvgIpc) is 2.47. The van der Waals surface area contributed by atoms with E-state index in [0.29, 0.717) is 17.7 Å². The molecule has 0 atom stereocenters. The second-order valence-electron chi connectivity index (χ2n) is 4.17. The van der Waals surface area contributed by atoms with Crippen molar-refractivity contribution in [1.82, 2.24) is 0 Å². The number of carbonyl (C=O) groups excluding carboxylic acids is 1. The number of hydrogen-bond donors (Lipinski definition) is 0.